The summed E-state index contributed by atoms with van der Waals surface area (Å²) in [5, 5.41) is 7.23. The van der Waals surface area contributed by atoms with Gasteiger partial charge in [-0.25, -0.2) is 4.79 Å². The molecule has 0 unspecified atom stereocenters. The summed E-state index contributed by atoms with van der Waals surface area (Å²) in [6, 6.07) is 9.11. The number of benzene rings is 1. The first-order valence-corrected chi connectivity index (χ1v) is 18.9. The molecular weight excluding hydrogens is 728 g/mol. The maximum Gasteiger partial charge on any atom is 0.407 e. The van der Waals surface area contributed by atoms with E-state index in [1.54, 1.807) is 41.5 Å². The van der Waals surface area contributed by atoms with Gasteiger partial charge in [0.25, 0.3) is 0 Å². The topological polar surface area (TPSA) is 243 Å². The average Bonchev–Trinajstić information content (AvgIpc) is 3.12. The van der Waals surface area contributed by atoms with Crippen LogP contribution in [0.15, 0.2) is 30.3 Å². The number of nitrogens with one attached hydrogen (secondary N) is 3. The van der Waals surface area contributed by atoms with E-state index in [-0.39, 0.29) is 125 Å². The number of carbonyl (C=O) groups excluding carboxylic acids is 9. The third-order valence-corrected chi connectivity index (χ3v) is 6.61. The highest BCUT2D eigenvalue weighted by atomic mass is 16.6. The smallest absolute Gasteiger partial charge is 0.407 e. The van der Waals surface area contributed by atoms with Gasteiger partial charge >= 0.3 is 18.0 Å². The molecule has 3 amide bonds. The van der Waals surface area contributed by atoms with Crippen LogP contribution in [0.4, 0.5) is 4.79 Å². The maximum atomic E-state index is 11.8. The van der Waals surface area contributed by atoms with Crippen molar-refractivity contribution < 1.29 is 57.4 Å². The van der Waals surface area contributed by atoms with Gasteiger partial charge in [0.2, 0.25) is 11.8 Å². The third kappa shape index (κ3) is 34.8. The van der Waals surface area contributed by atoms with Crippen LogP contribution in [0.25, 0.3) is 0 Å². The van der Waals surface area contributed by atoms with Crippen LogP contribution in [-0.2, 0) is 59.2 Å². The molecule has 0 aliphatic rings. The second-order valence-corrected chi connectivity index (χ2v) is 14.2. The van der Waals surface area contributed by atoms with E-state index in [1.807, 2.05) is 44.2 Å². The average molecular weight is 793 g/mol. The Bertz CT molecular complexity index is 1400. The molecule has 56 heavy (non-hydrogen) atoms. The number of esters is 2. The van der Waals surface area contributed by atoms with Gasteiger partial charge in [-0.3, -0.25) is 38.4 Å². The molecule has 0 radical (unpaired) electrons. The number of carbonyl (C=O) groups is 9. The van der Waals surface area contributed by atoms with E-state index in [0.29, 0.717) is 12.8 Å². The molecule has 1 aromatic carbocycles. The lowest BCUT2D eigenvalue weighted by molar-refractivity contribution is -0.156. The van der Waals surface area contributed by atoms with Gasteiger partial charge < -0.3 is 35.9 Å². The zero-order valence-electron chi connectivity index (χ0n) is 34.5. The molecule has 0 atom stereocenters. The molecule has 16 nitrogen and oxygen atoms in total. The fourth-order valence-corrected chi connectivity index (χ4v) is 4.03. The standard InChI is InChI=1S/C23H32N2O7.C15H26N2O5.C2H6/c1-23(2,3)32-21(29)11-7-10-18(26)14-24-20(28)13-12-19(27)15-25-22(30)31-16-17-8-5-4-6-9-17;1-15(2,3)22-14(21)6-4-5-12(19)10-17-13(20)8-7-11(18)9-16;1-2/h4-6,8-9H,7,10-16H2,1-3H3,(H,24,28)(H,25,30);4-10,16H2,1-3H3,(H,17,20);1-2H3. The minimum absolute atomic E-state index is 0.0290. The molecule has 0 bridgehead atoms. The van der Waals surface area contributed by atoms with Crippen molar-refractivity contribution in [3.8, 4) is 0 Å². The number of ketones is 4. The predicted molar refractivity (Wildman–Crippen MR) is 209 cm³/mol. The SMILES string of the molecule is CC.CC(C)(C)OC(=O)CCCC(=O)CNC(=O)CCC(=O)CN.CC(C)(C)OC(=O)CCCC(=O)CNC(=O)CCC(=O)CNC(=O)OCc1ccccc1. The first-order chi connectivity index (χ1) is 26.2. The van der Waals surface area contributed by atoms with Gasteiger partial charge in [-0.05, 0) is 59.9 Å². The second-order valence-electron chi connectivity index (χ2n) is 14.2. The lowest BCUT2D eigenvalue weighted by Crippen LogP contribution is -2.32. The van der Waals surface area contributed by atoms with Crippen LogP contribution in [0.5, 0.6) is 0 Å². The first kappa shape index (κ1) is 53.1. The lowest BCUT2D eigenvalue weighted by Gasteiger charge is -2.19. The summed E-state index contributed by atoms with van der Waals surface area (Å²) >= 11 is 0. The van der Waals surface area contributed by atoms with Crippen LogP contribution in [0.2, 0.25) is 0 Å². The Hall–Kier alpha value is -4.99. The Kier molecular flexibility index (Phi) is 28.7. The quantitative estimate of drug-likeness (QED) is 0.0907. The van der Waals surface area contributed by atoms with Crippen molar-refractivity contribution in [1.29, 1.82) is 0 Å². The Morgan fingerprint density at radius 3 is 1.34 bits per heavy atom. The van der Waals surface area contributed by atoms with E-state index in [4.69, 9.17) is 19.9 Å². The molecule has 0 spiro atoms. The Morgan fingerprint density at radius 1 is 0.536 bits per heavy atom. The number of hydrogen-bond acceptors (Lipinski definition) is 13. The summed E-state index contributed by atoms with van der Waals surface area (Å²) in [6.45, 7) is 14.1. The Labute approximate surface area is 331 Å². The fraction of sp³-hybridized carbons (Fsp3) is 0.625. The monoisotopic (exact) mass is 792 g/mol. The molecule has 5 N–H and O–H groups in total. The summed E-state index contributed by atoms with van der Waals surface area (Å²) < 4.78 is 15.3. The van der Waals surface area contributed by atoms with Gasteiger partial charge in [0.15, 0.2) is 17.3 Å². The summed E-state index contributed by atoms with van der Waals surface area (Å²) in [5.41, 5.74) is 4.85. The predicted octanol–water partition coefficient (Wildman–Crippen LogP) is 3.98. The van der Waals surface area contributed by atoms with Gasteiger partial charge in [0, 0.05) is 51.4 Å². The van der Waals surface area contributed by atoms with Crippen molar-refractivity contribution >= 4 is 53.0 Å². The van der Waals surface area contributed by atoms with E-state index >= 15 is 0 Å². The zero-order chi connectivity index (χ0) is 43.2. The van der Waals surface area contributed by atoms with Crippen molar-refractivity contribution in [2.75, 3.05) is 26.2 Å². The highest BCUT2D eigenvalue weighted by molar-refractivity contribution is 5.90. The summed E-state index contributed by atoms with van der Waals surface area (Å²) in [5.74, 6) is -2.42. The first-order valence-electron chi connectivity index (χ1n) is 18.9. The lowest BCUT2D eigenvalue weighted by atomic mass is 10.1. The molecule has 1 aromatic rings. The molecule has 0 saturated carbocycles. The molecule has 0 fully saturated rings. The van der Waals surface area contributed by atoms with Gasteiger partial charge in [-0.2, -0.15) is 0 Å². The molecule has 316 valence electrons. The second kappa shape index (κ2) is 30.3. The molecule has 16 heteroatoms. The van der Waals surface area contributed by atoms with Crippen molar-refractivity contribution in [1.82, 2.24) is 16.0 Å². The van der Waals surface area contributed by atoms with Gasteiger partial charge in [0.1, 0.15) is 23.6 Å². The number of amides is 3. The maximum absolute atomic E-state index is 11.8. The summed E-state index contributed by atoms with van der Waals surface area (Å²) in [7, 11) is 0. The van der Waals surface area contributed by atoms with E-state index < -0.39 is 23.2 Å². The van der Waals surface area contributed by atoms with E-state index in [9.17, 15) is 43.2 Å². The largest absolute Gasteiger partial charge is 0.460 e. The van der Waals surface area contributed by atoms with Crippen molar-refractivity contribution in [2.45, 2.75) is 137 Å². The molecule has 1 rings (SSSR count). The highest BCUT2D eigenvalue weighted by Crippen LogP contribution is 2.11. The molecule has 0 aliphatic carbocycles. The van der Waals surface area contributed by atoms with Crippen LogP contribution in [0, 0.1) is 0 Å². The fourth-order valence-electron chi connectivity index (χ4n) is 4.03. The normalized spacial score (nSPS) is 10.5. The Balaban J connectivity index is 0. The van der Waals surface area contributed by atoms with E-state index in [2.05, 4.69) is 16.0 Å². The minimum Gasteiger partial charge on any atom is -0.460 e. The number of Topliss-reactive ketones (excluding diaryl/α,β-unsaturated/α-hetero) is 4. The zero-order valence-corrected chi connectivity index (χ0v) is 34.5. The minimum atomic E-state index is -0.719. The van der Waals surface area contributed by atoms with Crippen LogP contribution >= 0.6 is 0 Å². The van der Waals surface area contributed by atoms with Crippen LogP contribution in [-0.4, -0.2) is 90.4 Å². The van der Waals surface area contributed by atoms with E-state index in [0.717, 1.165) is 5.56 Å². The molecule has 0 saturated heterocycles. The van der Waals surface area contributed by atoms with Crippen LogP contribution < -0.4 is 21.7 Å². The van der Waals surface area contributed by atoms with Crippen LogP contribution in [0.1, 0.15) is 125 Å². The molecule has 0 heterocycles. The van der Waals surface area contributed by atoms with Crippen molar-refractivity contribution in [2.24, 2.45) is 5.73 Å². The molecule has 0 aliphatic heterocycles. The van der Waals surface area contributed by atoms with Gasteiger partial charge in [-0.15, -0.1) is 0 Å². The van der Waals surface area contributed by atoms with Gasteiger partial charge in [-0.1, -0.05) is 44.2 Å². The molecule has 0 aromatic heterocycles. The van der Waals surface area contributed by atoms with Gasteiger partial charge in [0.05, 0.1) is 26.2 Å². The number of rotatable bonds is 23. The number of hydrogen-bond donors (Lipinski definition) is 4. The van der Waals surface area contributed by atoms with Crippen molar-refractivity contribution in [3.63, 3.8) is 0 Å². The van der Waals surface area contributed by atoms with E-state index in [1.165, 1.54) is 0 Å². The van der Waals surface area contributed by atoms with Crippen molar-refractivity contribution in [3.05, 3.63) is 35.9 Å². The summed E-state index contributed by atoms with van der Waals surface area (Å²) in [6.07, 6.45) is 0.592. The Morgan fingerprint density at radius 2 is 0.929 bits per heavy atom. The number of ether oxygens (including phenoxy) is 3. The third-order valence-electron chi connectivity index (χ3n) is 6.61. The molecular formula is C40H64N4O12. The summed E-state index contributed by atoms with van der Waals surface area (Å²) in [4.78, 5) is 104. The number of nitrogens with two attached hydrogens (primary N) is 1. The number of alkyl carbamates (subject to hydrolysis) is 1. The van der Waals surface area contributed by atoms with Crippen LogP contribution in [0.3, 0.4) is 0 Å². The highest BCUT2D eigenvalue weighted by Gasteiger charge is 2.18.